The van der Waals surface area contributed by atoms with E-state index >= 15 is 0 Å². The number of likely N-dealkylation sites (N-methyl/N-ethyl adjacent to an activating group) is 1. The quantitative estimate of drug-likeness (QED) is 0.838. The van der Waals surface area contributed by atoms with Crippen LogP contribution in [0, 0.1) is 0 Å². The van der Waals surface area contributed by atoms with Crippen molar-refractivity contribution in [2.24, 2.45) is 5.73 Å². The molecule has 0 saturated carbocycles. The summed E-state index contributed by atoms with van der Waals surface area (Å²) < 4.78 is 0. The molecule has 1 aliphatic heterocycles. The number of piperazine rings is 1. The lowest BCUT2D eigenvalue weighted by Crippen LogP contribution is -2.51. The van der Waals surface area contributed by atoms with Gasteiger partial charge in [0.2, 0.25) is 0 Å². The maximum atomic E-state index is 10.8. The third kappa shape index (κ3) is 3.58. The third-order valence-electron chi connectivity index (χ3n) is 4.53. The molecule has 4 nitrogen and oxygen atoms in total. The van der Waals surface area contributed by atoms with E-state index in [-0.39, 0.29) is 6.54 Å². The molecule has 2 atom stereocenters. The van der Waals surface area contributed by atoms with Gasteiger partial charge in [0, 0.05) is 38.8 Å². The molecule has 3 N–H and O–H groups in total. The molecule has 1 aromatic carbocycles. The van der Waals surface area contributed by atoms with Crippen LogP contribution in [0.4, 0.5) is 0 Å². The highest BCUT2D eigenvalue weighted by atomic mass is 16.3. The standard InChI is InChI=1S/C16H27N3O/c1-14-12-19(11-10-18(14)2)9-8-16(20,13-17)15-6-4-3-5-7-15/h3-7,14,20H,8-13,17H2,1-2H3. The Balaban J connectivity index is 1.94. The lowest BCUT2D eigenvalue weighted by atomic mass is 9.90. The number of aliphatic hydroxyl groups is 1. The number of nitrogens with two attached hydrogens (primary N) is 1. The SMILES string of the molecule is CC1CN(CCC(O)(CN)c2ccccc2)CCN1C. The van der Waals surface area contributed by atoms with Crippen LogP contribution >= 0.6 is 0 Å². The average molecular weight is 277 g/mol. The molecule has 1 fully saturated rings. The van der Waals surface area contributed by atoms with Crippen LogP contribution < -0.4 is 5.73 Å². The van der Waals surface area contributed by atoms with E-state index in [1.54, 1.807) is 0 Å². The summed E-state index contributed by atoms with van der Waals surface area (Å²) in [7, 11) is 2.17. The van der Waals surface area contributed by atoms with Crippen LogP contribution in [-0.2, 0) is 5.60 Å². The van der Waals surface area contributed by atoms with E-state index in [1.165, 1.54) is 0 Å². The predicted molar refractivity (Wildman–Crippen MR) is 82.5 cm³/mol. The molecule has 0 spiro atoms. The van der Waals surface area contributed by atoms with Crippen molar-refractivity contribution in [3.05, 3.63) is 35.9 Å². The first kappa shape index (κ1) is 15.4. The molecule has 112 valence electrons. The van der Waals surface area contributed by atoms with Gasteiger partial charge in [0.25, 0.3) is 0 Å². The molecule has 2 unspecified atom stereocenters. The number of hydrogen-bond donors (Lipinski definition) is 2. The Morgan fingerprint density at radius 1 is 1.30 bits per heavy atom. The van der Waals surface area contributed by atoms with E-state index in [9.17, 15) is 5.11 Å². The predicted octanol–water partition coefficient (Wildman–Crippen LogP) is 0.859. The van der Waals surface area contributed by atoms with Gasteiger partial charge >= 0.3 is 0 Å². The molecule has 20 heavy (non-hydrogen) atoms. The van der Waals surface area contributed by atoms with Crippen LogP contribution in [0.5, 0.6) is 0 Å². The average Bonchev–Trinajstić information content (AvgIpc) is 2.49. The zero-order valence-corrected chi connectivity index (χ0v) is 12.6. The topological polar surface area (TPSA) is 52.7 Å². The molecule has 1 saturated heterocycles. The van der Waals surface area contributed by atoms with Crippen LogP contribution in [0.15, 0.2) is 30.3 Å². The molecule has 1 aliphatic rings. The van der Waals surface area contributed by atoms with Gasteiger partial charge in [-0.3, -0.25) is 0 Å². The van der Waals surface area contributed by atoms with Gasteiger partial charge in [-0.25, -0.2) is 0 Å². The first-order valence-corrected chi connectivity index (χ1v) is 7.46. The normalized spacial score (nSPS) is 24.5. The van der Waals surface area contributed by atoms with Gasteiger partial charge in [-0.1, -0.05) is 30.3 Å². The highest BCUT2D eigenvalue weighted by Crippen LogP contribution is 2.24. The van der Waals surface area contributed by atoms with Crippen molar-refractivity contribution in [3.63, 3.8) is 0 Å². The number of hydrogen-bond acceptors (Lipinski definition) is 4. The molecule has 0 amide bonds. The molecule has 1 aromatic rings. The minimum Gasteiger partial charge on any atom is -0.384 e. The molecule has 0 radical (unpaired) electrons. The van der Waals surface area contributed by atoms with Gasteiger partial charge in [-0.2, -0.15) is 0 Å². The summed E-state index contributed by atoms with van der Waals surface area (Å²) in [6.45, 7) is 6.62. The molecule has 0 aliphatic carbocycles. The van der Waals surface area contributed by atoms with Crippen molar-refractivity contribution in [1.82, 2.24) is 9.80 Å². The van der Waals surface area contributed by atoms with E-state index < -0.39 is 5.60 Å². The minimum absolute atomic E-state index is 0.264. The highest BCUT2D eigenvalue weighted by Gasteiger charge is 2.29. The second kappa shape index (κ2) is 6.68. The summed E-state index contributed by atoms with van der Waals surface area (Å²) in [6.07, 6.45) is 0.684. The summed E-state index contributed by atoms with van der Waals surface area (Å²) in [4.78, 5) is 4.80. The number of rotatable bonds is 5. The summed E-state index contributed by atoms with van der Waals surface area (Å²) >= 11 is 0. The summed E-state index contributed by atoms with van der Waals surface area (Å²) in [5.41, 5.74) is 5.84. The van der Waals surface area contributed by atoms with Gasteiger partial charge in [0.05, 0.1) is 0 Å². The lowest BCUT2D eigenvalue weighted by molar-refractivity contribution is 0.0157. The molecule has 2 rings (SSSR count). The Morgan fingerprint density at radius 2 is 2.00 bits per heavy atom. The fraction of sp³-hybridized carbons (Fsp3) is 0.625. The van der Waals surface area contributed by atoms with Crippen LogP contribution in [0.1, 0.15) is 18.9 Å². The number of nitrogens with zero attached hydrogens (tertiary/aromatic N) is 2. The van der Waals surface area contributed by atoms with Gasteiger partial charge in [-0.05, 0) is 26.0 Å². The van der Waals surface area contributed by atoms with Crippen LogP contribution in [0.3, 0.4) is 0 Å². The molecule has 4 heteroatoms. The van der Waals surface area contributed by atoms with E-state index in [0.29, 0.717) is 12.5 Å². The maximum absolute atomic E-state index is 10.8. The van der Waals surface area contributed by atoms with Crippen molar-refractivity contribution in [3.8, 4) is 0 Å². The summed E-state index contributed by atoms with van der Waals surface area (Å²) in [5, 5.41) is 10.8. The van der Waals surface area contributed by atoms with Gasteiger partial charge in [0.1, 0.15) is 5.60 Å². The van der Waals surface area contributed by atoms with Crippen molar-refractivity contribution in [1.29, 1.82) is 0 Å². The lowest BCUT2D eigenvalue weighted by Gasteiger charge is -2.39. The Labute approximate surface area is 122 Å². The Bertz CT molecular complexity index is 411. The molecular weight excluding hydrogens is 250 g/mol. The Kier molecular flexibility index (Phi) is 5.16. The van der Waals surface area contributed by atoms with Gasteiger partial charge in [0.15, 0.2) is 0 Å². The zero-order valence-electron chi connectivity index (χ0n) is 12.6. The van der Waals surface area contributed by atoms with E-state index in [1.807, 2.05) is 30.3 Å². The van der Waals surface area contributed by atoms with Crippen molar-refractivity contribution >= 4 is 0 Å². The monoisotopic (exact) mass is 277 g/mol. The van der Waals surface area contributed by atoms with Crippen LogP contribution in [-0.4, -0.2) is 60.7 Å². The molecule has 0 bridgehead atoms. The van der Waals surface area contributed by atoms with Crippen LogP contribution in [0.2, 0.25) is 0 Å². The Hall–Kier alpha value is -0.940. The summed E-state index contributed by atoms with van der Waals surface area (Å²) in [5.74, 6) is 0. The molecule has 0 aromatic heterocycles. The molecular formula is C16H27N3O. The van der Waals surface area contributed by atoms with Gasteiger partial charge < -0.3 is 20.6 Å². The fourth-order valence-corrected chi connectivity index (χ4v) is 2.78. The molecule has 1 heterocycles. The zero-order chi connectivity index (χ0) is 14.6. The van der Waals surface area contributed by atoms with Crippen molar-refractivity contribution < 1.29 is 5.11 Å². The Morgan fingerprint density at radius 3 is 2.60 bits per heavy atom. The first-order valence-electron chi connectivity index (χ1n) is 7.46. The largest absolute Gasteiger partial charge is 0.384 e. The second-order valence-electron chi connectivity index (χ2n) is 5.98. The second-order valence-corrected chi connectivity index (χ2v) is 5.98. The highest BCUT2D eigenvalue weighted by molar-refractivity contribution is 5.22. The first-order chi connectivity index (χ1) is 9.55. The van der Waals surface area contributed by atoms with Crippen LogP contribution in [0.25, 0.3) is 0 Å². The van der Waals surface area contributed by atoms with Crippen molar-refractivity contribution in [2.45, 2.75) is 25.0 Å². The fourth-order valence-electron chi connectivity index (χ4n) is 2.78. The summed E-state index contributed by atoms with van der Waals surface area (Å²) in [6, 6.07) is 10.4. The smallest absolute Gasteiger partial charge is 0.103 e. The van der Waals surface area contributed by atoms with E-state index in [0.717, 1.165) is 31.7 Å². The maximum Gasteiger partial charge on any atom is 0.103 e. The van der Waals surface area contributed by atoms with Gasteiger partial charge in [-0.15, -0.1) is 0 Å². The number of benzene rings is 1. The third-order valence-corrected chi connectivity index (χ3v) is 4.53. The van der Waals surface area contributed by atoms with E-state index in [2.05, 4.69) is 23.8 Å². The minimum atomic E-state index is -0.909. The van der Waals surface area contributed by atoms with Crippen molar-refractivity contribution in [2.75, 3.05) is 39.8 Å². The van der Waals surface area contributed by atoms with E-state index in [4.69, 9.17) is 5.73 Å².